The molecule has 0 unspecified atom stereocenters. The fourth-order valence-corrected chi connectivity index (χ4v) is 4.11. The summed E-state index contributed by atoms with van der Waals surface area (Å²) in [5.41, 5.74) is 2.79. The van der Waals surface area contributed by atoms with Crippen LogP contribution in [0.15, 0.2) is 53.4 Å². The number of rotatable bonds is 7. The molecule has 6 heteroatoms. The van der Waals surface area contributed by atoms with Gasteiger partial charge in [-0.1, -0.05) is 31.2 Å². The van der Waals surface area contributed by atoms with E-state index in [0.717, 1.165) is 12.1 Å². The number of carbonyl (C=O) groups is 1. The molecular formula is C21H26N2O3S. The molecule has 1 aliphatic heterocycles. The van der Waals surface area contributed by atoms with E-state index < -0.39 is 9.84 Å². The minimum atomic E-state index is -3.24. The van der Waals surface area contributed by atoms with Crippen LogP contribution in [0.4, 0.5) is 0 Å². The van der Waals surface area contributed by atoms with Crippen LogP contribution in [0.2, 0.25) is 0 Å². The molecule has 0 aliphatic carbocycles. The van der Waals surface area contributed by atoms with Crippen LogP contribution in [0.5, 0.6) is 0 Å². The van der Waals surface area contributed by atoms with Crippen LogP contribution in [-0.4, -0.2) is 38.1 Å². The lowest BCUT2D eigenvalue weighted by molar-refractivity contribution is 0.0951. The molecule has 0 aromatic heterocycles. The number of nitrogens with zero attached hydrogens (tertiary/aromatic N) is 1. The molecule has 1 N–H and O–H groups in total. The first kappa shape index (κ1) is 19.6. The van der Waals surface area contributed by atoms with Crippen LogP contribution in [0.3, 0.4) is 0 Å². The Kier molecular flexibility index (Phi) is 6.29. The lowest BCUT2D eigenvalue weighted by Gasteiger charge is -2.14. The van der Waals surface area contributed by atoms with E-state index in [2.05, 4.69) is 22.3 Å². The third kappa shape index (κ3) is 5.17. The first-order valence-electron chi connectivity index (χ1n) is 9.39. The largest absolute Gasteiger partial charge is 0.348 e. The van der Waals surface area contributed by atoms with Crippen LogP contribution in [0.25, 0.3) is 0 Å². The summed E-state index contributed by atoms with van der Waals surface area (Å²) in [6, 6.07) is 14.4. The van der Waals surface area contributed by atoms with Crippen molar-refractivity contribution in [3.8, 4) is 0 Å². The summed E-state index contributed by atoms with van der Waals surface area (Å²) < 4.78 is 23.7. The third-order valence-corrected chi connectivity index (χ3v) is 6.69. The number of amides is 1. The molecular weight excluding hydrogens is 360 g/mol. The number of carbonyl (C=O) groups excluding carboxylic acids is 1. The number of nitrogens with one attached hydrogen (secondary N) is 1. The molecule has 2 aromatic carbocycles. The smallest absolute Gasteiger partial charge is 0.251 e. The van der Waals surface area contributed by atoms with Gasteiger partial charge in [-0.15, -0.1) is 0 Å². The van der Waals surface area contributed by atoms with Gasteiger partial charge < -0.3 is 5.32 Å². The molecule has 5 nitrogen and oxygen atoms in total. The lowest BCUT2D eigenvalue weighted by Crippen LogP contribution is -2.23. The van der Waals surface area contributed by atoms with Gasteiger partial charge in [0.2, 0.25) is 0 Å². The first-order valence-corrected chi connectivity index (χ1v) is 11.0. The number of sulfone groups is 1. The summed E-state index contributed by atoms with van der Waals surface area (Å²) >= 11 is 0. The summed E-state index contributed by atoms with van der Waals surface area (Å²) in [6.45, 7) is 5.39. The predicted octanol–water partition coefficient (Wildman–Crippen LogP) is 3.01. The van der Waals surface area contributed by atoms with Crippen molar-refractivity contribution in [1.29, 1.82) is 0 Å². The van der Waals surface area contributed by atoms with Gasteiger partial charge in [-0.3, -0.25) is 9.69 Å². The van der Waals surface area contributed by atoms with E-state index in [1.807, 2.05) is 12.1 Å². The first-order chi connectivity index (χ1) is 13.0. The zero-order valence-electron chi connectivity index (χ0n) is 15.6. The van der Waals surface area contributed by atoms with E-state index in [4.69, 9.17) is 0 Å². The zero-order chi connectivity index (χ0) is 19.3. The fourth-order valence-electron chi connectivity index (χ4n) is 3.23. The number of benzene rings is 2. The second-order valence-electron chi connectivity index (χ2n) is 6.91. The minimum Gasteiger partial charge on any atom is -0.348 e. The average Bonchev–Trinajstić information content (AvgIpc) is 3.20. The molecule has 1 aliphatic rings. The summed E-state index contributed by atoms with van der Waals surface area (Å²) in [4.78, 5) is 15.0. The molecule has 0 spiro atoms. The molecule has 1 saturated heterocycles. The Morgan fingerprint density at radius 3 is 2.15 bits per heavy atom. The van der Waals surface area contributed by atoms with Crippen LogP contribution < -0.4 is 5.32 Å². The third-order valence-electron chi connectivity index (χ3n) is 4.94. The number of hydrogen-bond acceptors (Lipinski definition) is 4. The summed E-state index contributed by atoms with van der Waals surface area (Å²) in [6.07, 6.45) is 2.57. The SMILES string of the molecule is CCS(=O)(=O)c1ccc(C(=O)NCc2ccc(CN3CCCC3)cc2)cc1. The Morgan fingerprint density at radius 2 is 1.56 bits per heavy atom. The normalized spacial score (nSPS) is 15.0. The van der Waals surface area contributed by atoms with Gasteiger partial charge in [-0.25, -0.2) is 8.42 Å². The highest BCUT2D eigenvalue weighted by Gasteiger charge is 2.13. The van der Waals surface area contributed by atoms with Gasteiger partial charge in [0.25, 0.3) is 5.91 Å². The number of hydrogen-bond donors (Lipinski definition) is 1. The molecule has 1 amide bonds. The van der Waals surface area contributed by atoms with Crippen molar-refractivity contribution >= 4 is 15.7 Å². The van der Waals surface area contributed by atoms with E-state index in [0.29, 0.717) is 12.1 Å². The molecule has 2 aromatic rings. The molecule has 0 saturated carbocycles. The molecule has 27 heavy (non-hydrogen) atoms. The van der Waals surface area contributed by atoms with Gasteiger partial charge in [0, 0.05) is 18.7 Å². The Balaban J connectivity index is 1.54. The average molecular weight is 387 g/mol. The van der Waals surface area contributed by atoms with E-state index in [1.165, 1.54) is 43.6 Å². The van der Waals surface area contributed by atoms with Crippen molar-refractivity contribution in [3.63, 3.8) is 0 Å². The van der Waals surface area contributed by atoms with Gasteiger partial charge >= 0.3 is 0 Å². The maximum absolute atomic E-state index is 12.3. The monoisotopic (exact) mass is 386 g/mol. The quantitative estimate of drug-likeness (QED) is 0.794. The van der Waals surface area contributed by atoms with Crippen molar-refractivity contribution in [3.05, 3.63) is 65.2 Å². The van der Waals surface area contributed by atoms with Gasteiger partial charge in [-0.05, 0) is 61.3 Å². The van der Waals surface area contributed by atoms with Gasteiger partial charge in [-0.2, -0.15) is 0 Å². The topological polar surface area (TPSA) is 66.5 Å². The fraction of sp³-hybridized carbons (Fsp3) is 0.381. The second-order valence-corrected chi connectivity index (χ2v) is 9.19. The Morgan fingerprint density at radius 1 is 0.963 bits per heavy atom. The van der Waals surface area contributed by atoms with Crippen LogP contribution in [-0.2, 0) is 22.9 Å². The maximum Gasteiger partial charge on any atom is 0.251 e. The van der Waals surface area contributed by atoms with Gasteiger partial charge in [0.1, 0.15) is 0 Å². The van der Waals surface area contributed by atoms with Crippen molar-refractivity contribution < 1.29 is 13.2 Å². The van der Waals surface area contributed by atoms with Crippen LogP contribution in [0, 0.1) is 0 Å². The van der Waals surface area contributed by atoms with Crippen LogP contribution >= 0.6 is 0 Å². The van der Waals surface area contributed by atoms with E-state index in [1.54, 1.807) is 19.1 Å². The Bertz CT molecular complexity index is 869. The van der Waals surface area contributed by atoms with Crippen molar-refractivity contribution in [2.45, 2.75) is 37.8 Å². The molecule has 3 rings (SSSR count). The zero-order valence-corrected chi connectivity index (χ0v) is 16.5. The Hall–Kier alpha value is -2.18. The van der Waals surface area contributed by atoms with E-state index >= 15 is 0 Å². The van der Waals surface area contributed by atoms with E-state index in [-0.39, 0.29) is 16.6 Å². The highest BCUT2D eigenvalue weighted by molar-refractivity contribution is 7.91. The number of likely N-dealkylation sites (tertiary alicyclic amines) is 1. The van der Waals surface area contributed by atoms with Gasteiger partial charge in [0.15, 0.2) is 9.84 Å². The molecule has 144 valence electrons. The summed E-state index contributed by atoms with van der Waals surface area (Å²) in [7, 11) is -3.24. The maximum atomic E-state index is 12.3. The Labute approximate surface area is 161 Å². The molecule has 1 fully saturated rings. The minimum absolute atomic E-state index is 0.0479. The highest BCUT2D eigenvalue weighted by atomic mass is 32.2. The van der Waals surface area contributed by atoms with E-state index in [9.17, 15) is 13.2 Å². The highest BCUT2D eigenvalue weighted by Crippen LogP contribution is 2.14. The molecule has 0 bridgehead atoms. The van der Waals surface area contributed by atoms with Crippen LogP contribution in [0.1, 0.15) is 41.3 Å². The summed E-state index contributed by atoms with van der Waals surface area (Å²) in [5, 5.41) is 2.88. The van der Waals surface area contributed by atoms with Crippen molar-refractivity contribution in [2.75, 3.05) is 18.8 Å². The van der Waals surface area contributed by atoms with Crippen molar-refractivity contribution in [1.82, 2.24) is 10.2 Å². The predicted molar refractivity (Wildman–Crippen MR) is 106 cm³/mol. The molecule has 0 atom stereocenters. The standard InChI is InChI=1S/C21H26N2O3S/c1-2-27(25,26)20-11-9-19(10-12-20)21(24)22-15-17-5-7-18(8-6-17)16-23-13-3-4-14-23/h5-12H,2-4,13-16H2,1H3,(H,22,24). The lowest BCUT2D eigenvalue weighted by atomic mass is 10.1. The molecule has 1 heterocycles. The van der Waals surface area contributed by atoms with Gasteiger partial charge in [0.05, 0.1) is 10.6 Å². The molecule has 0 radical (unpaired) electrons. The second kappa shape index (κ2) is 8.67. The summed E-state index contributed by atoms with van der Waals surface area (Å²) in [5.74, 6) is -0.164. The van der Waals surface area contributed by atoms with Crippen molar-refractivity contribution in [2.24, 2.45) is 0 Å².